The molecule has 0 saturated heterocycles. The molecule has 7 heteroatoms. The smallest absolute Gasteiger partial charge is 0.328 e. The van der Waals surface area contributed by atoms with Gasteiger partial charge in [0.25, 0.3) is 5.91 Å². The number of carboxylic acids is 1. The van der Waals surface area contributed by atoms with Crippen molar-refractivity contribution in [2.24, 2.45) is 0 Å². The monoisotopic (exact) mass is 289 g/mol. The fourth-order valence-corrected chi connectivity index (χ4v) is 1.59. The van der Waals surface area contributed by atoms with Gasteiger partial charge in [0.05, 0.1) is 0 Å². The summed E-state index contributed by atoms with van der Waals surface area (Å²) in [5, 5.41) is 19.0. The highest BCUT2D eigenvalue weighted by molar-refractivity contribution is 5.97. The van der Waals surface area contributed by atoms with Crippen LogP contribution in [0, 0.1) is 6.92 Å². The zero-order valence-corrected chi connectivity index (χ0v) is 11.9. The summed E-state index contributed by atoms with van der Waals surface area (Å²) in [5.74, 6) is -0.746. The standard InChI is InChI=1S/C14H15N3O4/c1-8-16-17-12(21-8)10-6-4-9(5-7-10)11(18)15-14(2,3)13(19)20/h4-7H,1-3H3,(H,15,18)(H,19,20). The summed E-state index contributed by atoms with van der Waals surface area (Å²) < 4.78 is 5.28. The van der Waals surface area contributed by atoms with Crippen LogP contribution in [0.1, 0.15) is 30.1 Å². The van der Waals surface area contributed by atoms with Crippen LogP contribution in [0.25, 0.3) is 11.5 Å². The van der Waals surface area contributed by atoms with Gasteiger partial charge < -0.3 is 14.8 Å². The molecule has 2 aromatic rings. The van der Waals surface area contributed by atoms with Crippen molar-refractivity contribution >= 4 is 11.9 Å². The van der Waals surface area contributed by atoms with Crippen molar-refractivity contribution in [3.63, 3.8) is 0 Å². The number of nitrogens with one attached hydrogen (secondary N) is 1. The molecule has 0 spiro atoms. The second-order valence-electron chi connectivity index (χ2n) is 5.09. The van der Waals surface area contributed by atoms with E-state index in [0.29, 0.717) is 22.9 Å². The Hall–Kier alpha value is -2.70. The first-order valence-corrected chi connectivity index (χ1v) is 6.26. The zero-order valence-electron chi connectivity index (χ0n) is 11.9. The first kappa shape index (κ1) is 14.7. The summed E-state index contributed by atoms with van der Waals surface area (Å²) >= 11 is 0. The lowest BCUT2D eigenvalue weighted by molar-refractivity contribution is -0.143. The van der Waals surface area contributed by atoms with E-state index < -0.39 is 17.4 Å². The van der Waals surface area contributed by atoms with E-state index in [2.05, 4.69) is 15.5 Å². The first-order chi connectivity index (χ1) is 9.79. The van der Waals surface area contributed by atoms with Crippen molar-refractivity contribution in [2.75, 3.05) is 0 Å². The molecule has 1 heterocycles. The van der Waals surface area contributed by atoms with Crippen molar-refractivity contribution in [1.29, 1.82) is 0 Å². The fraction of sp³-hybridized carbons (Fsp3) is 0.286. The molecule has 0 aliphatic heterocycles. The quantitative estimate of drug-likeness (QED) is 0.886. The molecule has 1 aromatic heterocycles. The van der Waals surface area contributed by atoms with Crippen molar-refractivity contribution < 1.29 is 19.1 Å². The lowest BCUT2D eigenvalue weighted by Gasteiger charge is -2.20. The summed E-state index contributed by atoms with van der Waals surface area (Å²) in [5.41, 5.74) is -0.298. The molecule has 2 N–H and O–H groups in total. The highest BCUT2D eigenvalue weighted by Gasteiger charge is 2.29. The number of carbonyl (C=O) groups is 2. The summed E-state index contributed by atoms with van der Waals surface area (Å²) in [4.78, 5) is 23.0. The second-order valence-corrected chi connectivity index (χ2v) is 5.09. The maximum Gasteiger partial charge on any atom is 0.328 e. The van der Waals surface area contributed by atoms with Crippen LogP contribution >= 0.6 is 0 Å². The Labute approximate surface area is 121 Å². The Morgan fingerprint density at radius 1 is 1.19 bits per heavy atom. The zero-order chi connectivity index (χ0) is 15.6. The van der Waals surface area contributed by atoms with E-state index in [1.54, 1.807) is 31.2 Å². The molecule has 7 nitrogen and oxygen atoms in total. The molecular weight excluding hydrogens is 274 g/mol. The summed E-state index contributed by atoms with van der Waals surface area (Å²) in [7, 11) is 0. The lowest BCUT2D eigenvalue weighted by Crippen LogP contribution is -2.49. The van der Waals surface area contributed by atoms with E-state index in [1.807, 2.05) is 0 Å². The maximum absolute atomic E-state index is 12.0. The maximum atomic E-state index is 12.0. The normalized spacial score (nSPS) is 11.2. The molecule has 1 aromatic carbocycles. The largest absolute Gasteiger partial charge is 0.480 e. The van der Waals surface area contributed by atoms with Crippen LogP contribution in [0.3, 0.4) is 0 Å². The molecule has 0 aliphatic carbocycles. The van der Waals surface area contributed by atoms with Gasteiger partial charge in [-0.15, -0.1) is 10.2 Å². The minimum atomic E-state index is -1.33. The molecule has 0 radical (unpaired) electrons. The van der Waals surface area contributed by atoms with Crippen molar-refractivity contribution in [3.05, 3.63) is 35.7 Å². The average Bonchev–Trinajstić information content (AvgIpc) is 2.85. The van der Waals surface area contributed by atoms with Gasteiger partial charge in [-0.25, -0.2) is 4.79 Å². The van der Waals surface area contributed by atoms with Crippen LogP contribution < -0.4 is 5.32 Å². The number of hydrogen-bond acceptors (Lipinski definition) is 5. The SMILES string of the molecule is Cc1nnc(-c2ccc(C(=O)NC(C)(C)C(=O)O)cc2)o1. The first-order valence-electron chi connectivity index (χ1n) is 6.26. The number of carbonyl (C=O) groups excluding carboxylic acids is 1. The number of rotatable bonds is 4. The van der Waals surface area contributed by atoms with Crippen LogP contribution in [-0.4, -0.2) is 32.7 Å². The van der Waals surface area contributed by atoms with Crippen molar-refractivity contribution in [1.82, 2.24) is 15.5 Å². The summed E-state index contributed by atoms with van der Waals surface area (Å²) in [6.07, 6.45) is 0. The molecule has 0 bridgehead atoms. The van der Waals surface area contributed by atoms with E-state index in [4.69, 9.17) is 9.52 Å². The van der Waals surface area contributed by atoms with Gasteiger partial charge in [-0.2, -0.15) is 0 Å². The van der Waals surface area contributed by atoms with Crippen LogP contribution in [0.4, 0.5) is 0 Å². The number of benzene rings is 1. The highest BCUT2D eigenvalue weighted by Crippen LogP contribution is 2.18. The number of aromatic nitrogens is 2. The van der Waals surface area contributed by atoms with Gasteiger partial charge in [-0.05, 0) is 38.1 Å². The van der Waals surface area contributed by atoms with Gasteiger partial charge in [0.2, 0.25) is 11.8 Å². The third-order valence-corrected chi connectivity index (χ3v) is 2.88. The van der Waals surface area contributed by atoms with Gasteiger partial charge >= 0.3 is 5.97 Å². The Kier molecular flexibility index (Phi) is 3.75. The van der Waals surface area contributed by atoms with Gasteiger partial charge in [0.1, 0.15) is 5.54 Å². The average molecular weight is 289 g/mol. The third-order valence-electron chi connectivity index (χ3n) is 2.88. The van der Waals surface area contributed by atoms with Crippen LogP contribution in [0.5, 0.6) is 0 Å². The summed E-state index contributed by atoms with van der Waals surface area (Å²) in [6.45, 7) is 4.53. The van der Waals surface area contributed by atoms with Crippen LogP contribution in [0.2, 0.25) is 0 Å². The molecule has 0 aliphatic rings. The molecule has 0 unspecified atom stereocenters. The number of nitrogens with zero attached hydrogens (tertiary/aromatic N) is 2. The third kappa shape index (κ3) is 3.25. The van der Waals surface area contributed by atoms with E-state index in [9.17, 15) is 9.59 Å². The minimum Gasteiger partial charge on any atom is -0.480 e. The van der Waals surface area contributed by atoms with Crippen LogP contribution in [0.15, 0.2) is 28.7 Å². The van der Waals surface area contributed by atoms with Gasteiger partial charge in [-0.3, -0.25) is 4.79 Å². The number of hydrogen-bond donors (Lipinski definition) is 2. The minimum absolute atomic E-state index is 0.351. The van der Waals surface area contributed by atoms with Gasteiger partial charge in [0.15, 0.2) is 0 Å². The fourth-order valence-electron chi connectivity index (χ4n) is 1.59. The second kappa shape index (κ2) is 5.35. The van der Waals surface area contributed by atoms with E-state index in [-0.39, 0.29) is 0 Å². The Bertz CT molecular complexity index is 674. The number of aliphatic carboxylic acids is 1. The molecule has 21 heavy (non-hydrogen) atoms. The molecule has 0 saturated carbocycles. The Morgan fingerprint density at radius 3 is 2.29 bits per heavy atom. The summed E-state index contributed by atoms with van der Waals surface area (Å²) in [6, 6.07) is 6.47. The van der Waals surface area contributed by atoms with Crippen LogP contribution in [-0.2, 0) is 4.79 Å². The molecule has 0 fully saturated rings. The number of carboxylic acid groups (broad SMARTS) is 1. The molecule has 0 atom stereocenters. The number of amides is 1. The molecule has 110 valence electrons. The van der Waals surface area contributed by atoms with E-state index in [1.165, 1.54) is 13.8 Å². The van der Waals surface area contributed by atoms with E-state index >= 15 is 0 Å². The van der Waals surface area contributed by atoms with E-state index in [0.717, 1.165) is 0 Å². The predicted octanol–water partition coefficient (Wildman–Crippen LogP) is 1.64. The number of aryl methyl sites for hydroxylation is 1. The van der Waals surface area contributed by atoms with Crippen molar-refractivity contribution in [2.45, 2.75) is 26.3 Å². The Morgan fingerprint density at radius 2 is 1.81 bits per heavy atom. The highest BCUT2D eigenvalue weighted by atomic mass is 16.4. The molecular formula is C14H15N3O4. The molecule has 2 rings (SSSR count). The lowest BCUT2D eigenvalue weighted by atomic mass is 10.0. The topological polar surface area (TPSA) is 105 Å². The van der Waals surface area contributed by atoms with Crippen molar-refractivity contribution in [3.8, 4) is 11.5 Å². The Balaban J connectivity index is 2.15. The predicted molar refractivity (Wildman–Crippen MR) is 73.7 cm³/mol. The van der Waals surface area contributed by atoms with Gasteiger partial charge in [-0.1, -0.05) is 0 Å². The molecule has 1 amide bonds. The van der Waals surface area contributed by atoms with Gasteiger partial charge in [0, 0.05) is 18.1 Å².